The van der Waals surface area contributed by atoms with Gasteiger partial charge in [0.05, 0.1) is 19.5 Å². The van der Waals surface area contributed by atoms with Crippen molar-refractivity contribution in [2.75, 3.05) is 13.2 Å². The fourth-order valence-electron chi connectivity index (χ4n) is 2.61. The van der Waals surface area contributed by atoms with Gasteiger partial charge in [-0.05, 0) is 16.8 Å². The molecule has 0 unspecified atom stereocenters. The Bertz CT molecular complexity index is 597. The first-order chi connectivity index (χ1) is 8.74. The van der Waals surface area contributed by atoms with Crippen molar-refractivity contribution in [3.8, 4) is 5.75 Å². The summed E-state index contributed by atoms with van der Waals surface area (Å²) in [4.78, 5) is 0. The second-order valence-corrected chi connectivity index (χ2v) is 5.00. The molecule has 0 aromatic heterocycles. The summed E-state index contributed by atoms with van der Waals surface area (Å²) >= 11 is 0. The van der Waals surface area contributed by atoms with Crippen molar-refractivity contribution in [3.63, 3.8) is 0 Å². The summed E-state index contributed by atoms with van der Waals surface area (Å²) in [5, 5.41) is 2.47. The Hall–Kier alpha value is -1.80. The van der Waals surface area contributed by atoms with Crippen molar-refractivity contribution in [1.29, 1.82) is 0 Å². The van der Waals surface area contributed by atoms with Gasteiger partial charge in [-0.25, -0.2) is 0 Å². The largest absolute Gasteiger partial charge is 0.465 e. The molecule has 1 aliphatic rings. The first kappa shape index (κ1) is 11.3. The van der Waals surface area contributed by atoms with Crippen molar-refractivity contribution in [1.82, 2.24) is 0 Å². The summed E-state index contributed by atoms with van der Waals surface area (Å²) in [6.45, 7) is 7.36. The van der Waals surface area contributed by atoms with E-state index in [1.165, 1.54) is 22.6 Å². The lowest BCUT2D eigenvalue weighted by Crippen LogP contribution is -2.44. The predicted molar refractivity (Wildman–Crippen MR) is 72.9 cm³/mol. The number of ether oxygens (including phenoxy) is 2. The highest BCUT2D eigenvalue weighted by molar-refractivity contribution is 5.89. The Labute approximate surface area is 107 Å². The van der Waals surface area contributed by atoms with Crippen LogP contribution in [0.2, 0.25) is 0 Å². The third-order valence-corrected chi connectivity index (χ3v) is 3.55. The first-order valence-corrected chi connectivity index (χ1v) is 6.12. The van der Waals surface area contributed by atoms with E-state index in [9.17, 15) is 0 Å². The molecule has 0 amide bonds. The molecule has 1 saturated heterocycles. The monoisotopic (exact) mass is 240 g/mol. The van der Waals surface area contributed by atoms with Crippen LogP contribution in [0, 0.1) is 0 Å². The molecule has 2 aromatic carbocycles. The lowest BCUT2D eigenvalue weighted by atomic mass is 9.78. The fraction of sp³-hybridized carbons (Fsp3) is 0.250. The van der Waals surface area contributed by atoms with E-state index in [0.29, 0.717) is 0 Å². The maximum absolute atomic E-state index is 5.58. The smallest absolute Gasteiger partial charge is 0.131 e. The van der Waals surface area contributed by atoms with Crippen LogP contribution in [0.1, 0.15) is 12.5 Å². The minimum absolute atomic E-state index is 0.0409. The van der Waals surface area contributed by atoms with Crippen LogP contribution in [0.5, 0.6) is 5.75 Å². The van der Waals surface area contributed by atoms with E-state index in [2.05, 4.69) is 43.8 Å². The van der Waals surface area contributed by atoms with Crippen LogP contribution >= 0.6 is 0 Å². The van der Waals surface area contributed by atoms with Gasteiger partial charge >= 0.3 is 0 Å². The third-order valence-electron chi connectivity index (χ3n) is 3.55. The molecule has 0 atom stereocenters. The molecule has 18 heavy (non-hydrogen) atoms. The Morgan fingerprint density at radius 1 is 1.22 bits per heavy atom. The Balaban J connectivity index is 2.28. The van der Waals surface area contributed by atoms with Crippen LogP contribution in [0.4, 0.5) is 0 Å². The van der Waals surface area contributed by atoms with E-state index in [4.69, 9.17) is 9.47 Å². The van der Waals surface area contributed by atoms with Crippen molar-refractivity contribution in [2.24, 2.45) is 0 Å². The van der Waals surface area contributed by atoms with Gasteiger partial charge in [0.15, 0.2) is 0 Å². The molecule has 0 N–H and O–H groups in total. The summed E-state index contributed by atoms with van der Waals surface area (Å²) < 4.78 is 11.0. The molecule has 0 aliphatic carbocycles. The summed E-state index contributed by atoms with van der Waals surface area (Å²) in [6, 6.07) is 12.5. The highest BCUT2D eigenvalue weighted by Gasteiger charge is 2.38. The number of benzene rings is 2. The van der Waals surface area contributed by atoms with Gasteiger partial charge in [-0.15, -0.1) is 0 Å². The average molecular weight is 240 g/mol. The zero-order chi connectivity index (χ0) is 12.6. The molecule has 0 spiro atoms. The van der Waals surface area contributed by atoms with Gasteiger partial charge < -0.3 is 9.47 Å². The molecule has 1 fully saturated rings. The minimum atomic E-state index is 0.0409. The summed E-state index contributed by atoms with van der Waals surface area (Å²) in [5.74, 6) is 0.884. The molecule has 0 radical (unpaired) electrons. The van der Waals surface area contributed by atoms with Gasteiger partial charge in [-0.2, -0.15) is 0 Å². The molecule has 1 aliphatic heterocycles. The molecule has 0 bridgehead atoms. The quantitative estimate of drug-likeness (QED) is 0.762. The molecule has 0 saturated carbocycles. The van der Waals surface area contributed by atoms with Crippen LogP contribution < -0.4 is 4.74 Å². The van der Waals surface area contributed by atoms with E-state index in [1.54, 1.807) is 0 Å². The highest BCUT2D eigenvalue weighted by atomic mass is 16.5. The number of hydrogen-bond acceptors (Lipinski definition) is 2. The van der Waals surface area contributed by atoms with Gasteiger partial charge in [0.1, 0.15) is 5.75 Å². The topological polar surface area (TPSA) is 18.5 Å². The average Bonchev–Trinajstić information content (AvgIpc) is 2.36. The van der Waals surface area contributed by atoms with Crippen molar-refractivity contribution in [3.05, 3.63) is 54.8 Å². The molecule has 2 aromatic rings. The SMILES string of the molecule is C=COc1ccc2ccccc2c1C1(C)COC1. The third kappa shape index (κ3) is 1.61. The number of rotatable bonds is 3. The maximum Gasteiger partial charge on any atom is 0.131 e. The molecular weight excluding hydrogens is 224 g/mol. The highest BCUT2D eigenvalue weighted by Crippen LogP contribution is 2.42. The van der Waals surface area contributed by atoms with Crippen molar-refractivity contribution in [2.45, 2.75) is 12.3 Å². The second kappa shape index (κ2) is 4.14. The van der Waals surface area contributed by atoms with E-state index in [0.717, 1.165) is 19.0 Å². The van der Waals surface area contributed by atoms with Gasteiger partial charge in [0.25, 0.3) is 0 Å². The van der Waals surface area contributed by atoms with Crippen LogP contribution in [0.3, 0.4) is 0 Å². The van der Waals surface area contributed by atoms with E-state index in [1.807, 2.05) is 6.07 Å². The number of fused-ring (bicyclic) bond motifs is 1. The molecule has 92 valence electrons. The van der Waals surface area contributed by atoms with E-state index >= 15 is 0 Å². The van der Waals surface area contributed by atoms with E-state index in [-0.39, 0.29) is 5.41 Å². The Morgan fingerprint density at radius 3 is 2.67 bits per heavy atom. The van der Waals surface area contributed by atoms with Gasteiger partial charge in [0, 0.05) is 11.0 Å². The fourth-order valence-corrected chi connectivity index (χ4v) is 2.61. The number of hydrogen-bond donors (Lipinski definition) is 0. The molecule has 1 heterocycles. The molecular formula is C16H16O2. The maximum atomic E-state index is 5.58. The normalized spacial score (nSPS) is 17.2. The lowest BCUT2D eigenvalue weighted by Gasteiger charge is -2.40. The Kier molecular flexibility index (Phi) is 2.60. The van der Waals surface area contributed by atoms with Crippen LogP contribution in [0.25, 0.3) is 10.8 Å². The zero-order valence-corrected chi connectivity index (χ0v) is 10.5. The van der Waals surface area contributed by atoms with Crippen LogP contribution in [0.15, 0.2) is 49.2 Å². The standard InChI is InChI=1S/C16H16O2/c1-3-18-14-9-8-12-6-4-5-7-13(12)15(14)16(2)10-17-11-16/h3-9H,1,10-11H2,2H3. The van der Waals surface area contributed by atoms with Crippen LogP contribution in [-0.2, 0) is 10.2 Å². The first-order valence-electron chi connectivity index (χ1n) is 6.12. The van der Waals surface area contributed by atoms with Gasteiger partial charge in [-0.1, -0.05) is 43.8 Å². The molecule has 2 nitrogen and oxygen atoms in total. The van der Waals surface area contributed by atoms with Gasteiger partial charge in [0.2, 0.25) is 0 Å². The summed E-state index contributed by atoms with van der Waals surface area (Å²) in [7, 11) is 0. The van der Waals surface area contributed by atoms with Crippen LogP contribution in [-0.4, -0.2) is 13.2 Å². The second-order valence-electron chi connectivity index (χ2n) is 5.00. The van der Waals surface area contributed by atoms with Gasteiger partial charge in [-0.3, -0.25) is 0 Å². The summed E-state index contributed by atoms with van der Waals surface area (Å²) in [5.41, 5.74) is 1.27. The summed E-state index contributed by atoms with van der Waals surface area (Å²) in [6.07, 6.45) is 1.48. The lowest BCUT2D eigenvalue weighted by molar-refractivity contribution is -0.0500. The predicted octanol–water partition coefficient (Wildman–Crippen LogP) is 3.65. The minimum Gasteiger partial charge on any atom is -0.465 e. The molecule has 2 heteroatoms. The van der Waals surface area contributed by atoms with E-state index < -0.39 is 0 Å². The van der Waals surface area contributed by atoms with Crippen molar-refractivity contribution < 1.29 is 9.47 Å². The zero-order valence-electron chi connectivity index (χ0n) is 10.5. The van der Waals surface area contributed by atoms with Crippen molar-refractivity contribution >= 4 is 10.8 Å². The Morgan fingerprint density at radius 2 is 2.00 bits per heavy atom. The molecule has 3 rings (SSSR count).